The highest BCUT2D eigenvalue weighted by molar-refractivity contribution is 7.91. The Labute approximate surface area is 83.3 Å². The fraction of sp³-hybridized carbons (Fsp3) is 0.333. The summed E-state index contributed by atoms with van der Waals surface area (Å²) in [5, 5.41) is 8.58. The average molecular weight is 215 g/mol. The molecule has 0 aliphatic heterocycles. The van der Waals surface area contributed by atoms with Crippen LogP contribution in [0.15, 0.2) is 23.1 Å². The van der Waals surface area contributed by atoms with E-state index in [1.807, 2.05) is 0 Å². The molecule has 5 heteroatoms. The van der Waals surface area contributed by atoms with Gasteiger partial charge in [0.25, 0.3) is 0 Å². The Morgan fingerprint density at radius 2 is 2.07 bits per heavy atom. The van der Waals surface area contributed by atoms with Crippen LogP contribution in [0.2, 0.25) is 0 Å². The van der Waals surface area contributed by atoms with E-state index in [0.29, 0.717) is 5.69 Å². The van der Waals surface area contributed by atoms with Crippen molar-refractivity contribution in [1.29, 1.82) is 0 Å². The molecule has 0 aliphatic carbocycles. The lowest BCUT2D eigenvalue weighted by Crippen LogP contribution is -2.10. The van der Waals surface area contributed by atoms with Crippen molar-refractivity contribution in [1.82, 2.24) is 0 Å². The predicted molar refractivity (Wildman–Crippen MR) is 54.7 cm³/mol. The van der Waals surface area contributed by atoms with E-state index in [1.165, 1.54) is 12.1 Å². The number of nitrogens with two attached hydrogens (primary N) is 1. The number of aliphatic hydroxyl groups is 1. The summed E-state index contributed by atoms with van der Waals surface area (Å²) < 4.78 is 23.0. The Hall–Kier alpha value is -1.07. The molecule has 0 amide bonds. The van der Waals surface area contributed by atoms with Gasteiger partial charge in [0.05, 0.1) is 17.3 Å². The second-order valence-electron chi connectivity index (χ2n) is 3.06. The highest BCUT2D eigenvalue weighted by atomic mass is 32.2. The Kier molecular flexibility index (Phi) is 3.13. The SMILES string of the molecule is Cc1ccc(S(=O)(=O)CCO)cc1N. The first-order chi connectivity index (χ1) is 6.47. The third-order valence-electron chi connectivity index (χ3n) is 1.97. The van der Waals surface area contributed by atoms with Gasteiger partial charge < -0.3 is 10.8 Å². The summed E-state index contributed by atoms with van der Waals surface area (Å²) in [4.78, 5) is 0.162. The number of sulfone groups is 1. The van der Waals surface area contributed by atoms with Crippen LogP contribution in [0.3, 0.4) is 0 Å². The summed E-state index contributed by atoms with van der Waals surface area (Å²) >= 11 is 0. The number of benzene rings is 1. The molecular weight excluding hydrogens is 202 g/mol. The fourth-order valence-corrected chi connectivity index (χ4v) is 2.11. The summed E-state index contributed by atoms with van der Waals surface area (Å²) in [7, 11) is -3.38. The molecular formula is C9H13NO3S. The second kappa shape index (κ2) is 3.98. The minimum Gasteiger partial charge on any atom is -0.398 e. The molecule has 14 heavy (non-hydrogen) atoms. The molecule has 0 unspecified atom stereocenters. The van der Waals surface area contributed by atoms with E-state index >= 15 is 0 Å². The lowest BCUT2D eigenvalue weighted by Gasteiger charge is -2.05. The predicted octanol–water partition coefficient (Wildman–Crippen LogP) is 0.343. The highest BCUT2D eigenvalue weighted by Crippen LogP contribution is 2.17. The van der Waals surface area contributed by atoms with E-state index in [9.17, 15) is 8.42 Å². The second-order valence-corrected chi connectivity index (χ2v) is 5.17. The van der Waals surface area contributed by atoms with Crippen molar-refractivity contribution in [3.8, 4) is 0 Å². The molecule has 0 atom stereocenters. The number of hydrogen-bond donors (Lipinski definition) is 2. The number of hydrogen-bond acceptors (Lipinski definition) is 4. The van der Waals surface area contributed by atoms with E-state index < -0.39 is 9.84 Å². The van der Waals surface area contributed by atoms with Gasteiger partial charge in [0.1, 0.15) is 0 Å². The first-order valence-corrected chi connectivity index (χ1v) is 5.82. The Balaban J connectivity index is 3.15. The fourth-order valence-electron chi connectivity index (χ4n) is 1.05. The van der Waals surface area contributed by atoms with Crippen LogP contribution in [-0.4, -0.2) is 25.9 Å². The smallest absolute Gasteiger partial charge is 0.180 e. The normalized spacial score (nSPS) is 11.6. The molecule has 0 aliphatic rings. The van der Waals surface area contributed by atoms with Crippen molar-refractivity contribution >= 4 is 15.5 Å². The summed E-state index contributed by atoms with van der Waals surface area (Å²) in [5.41, 5.74) is 6.88. The van der Waals surface area contributed by atoms with Crippen LogP contribution in [0.4, 0.5) is 5.69 Å². The number of aliphatic hydroxyl groups excluding tert-OH is 1. The molecule has 3 N–H and O–H groups in total. The van der Waals surface area contributed by atoms with Crippen LogP contribution in [0.25, 0.3) is 0 Å². The summed E-state index contributed by atoms with van der Waals surface area (Å²) in [6.07, 6.45) is 0. The van der Waals surface area contributed by atoms with E-state index in [2.05, 4.69) is 0 Å². The van der Waals surface area contributed by atoms with Gasteiger partial charge in [-0.2, -0.15) is 0 Å². The van der Waals surface area contributed by atoms with Crippen molar-refractivity contribution in [2.24, 2.45) is 0 Å². The lowest BCUT2D eigenvalue weighted by molar-refractivity contribution is 0.319. The van der Waals surface area contributed by atoms with E-state index in [0.717, 1.165) is 5.56 Å². The first-order valence-electron chi connectivity index (χ1n) is 4.17. The van der Waals surface area contributed by atoms with Crippen molar-refractivity contribution in [2.45, 2.75) is 11.8 Å². The monoisotopic (exact) mass is 215 g/mol. The van der Waals surface area contributed by atoms with Crippen LogP contribution < -0.4 is 5.73 Å². The van der Waals surface area contributed by atoms with Gasteiger partial charge in [0.15, 0.2) is 9.84 Å². The van der Waals surface area contributed by atoms with Gasteiger partial charge in [-0.3, -0.25) is 0 Å². The summed E-state index contributed by atoms with van der Waals surface area (Å²) in [5.74, 6) is -0.268. The largest absolute Gasteiger partial charge is 0.398 e. The third-order valence-corrected chi connectivity index (χ3v) is 3.66. The molecule has 0 aromatic heterocycles. The van der Waals surface area contributed by atoms with Crippen LogP contribution in [-0.2, 0) is 9.84 Å². The van der Waals surface area contributed by atoms with E-state index in [4.69, 9.17) is 10.8 Å². The lowest BCUT2D eigenvalue weighted by atomic mass is 10.2. The molecule has 0 fully saturated rings. The van der Waals surface area contributed by atoms with Crippen LogP contribution in [0, 0.1) is 6.92 Å². The van der Waals surface area contributed by atoms with Gasteiger partial charge >= 0.3 is 0 Å². The molecule has 1 aromatic rings. The molecule has 0 radical (unpaired) electrons. The third kappa shape index (κ3) is 2.24. The van der Waals surface area contributed by atoms with E-state index in [1.54, 1.807) is 13.0 Å². The zero-order valence-corrected chi connectivity index (χ0v) is 8.71. The number of nitrogen functional groups attached to an aromatic ring is 1. The topological polar surface area (TPSA) is 80.4 Å². The maximum absolute atomic E-state index is 11.5. The van der Waals surface area contributed by atoms with Gasteiger partial charge in [0, 0.05) is 5.69 Å². The number of rotatable bonds is 3. The first kappa shape index (κ1) is 11.0. The molecule has 0 saturated heterocycles. The summed E-state index contributed by atoms with van der Waals surface area (Å²) in [6.45, 7) is 1.42. The molecule has 1 aromatic carbocycles. The molecule has 78 valence electrons. The van der Waals surface area contributed by atoms with Gasteiger partial charge in [-0.15, -0.1) is 0 Å². The minimum absolute atomic E-state index is 0.162. The number of aryl methyl sites for hydroxylation is 1. The van der Waals surface area contributed by atoms with Crippen LogP contribution >= 0.6 is 0 Å². The molecule has 4 nitrogen and oxygen atoms in total. The average Bonchev–Trinajstić information content (AvgIpc) is 2.09. The zero-order chi connectivity index (χ0) is 10.8. The molecule has 1 rings (SSSR count). The molecule has 0 spiro atoms. The van der Waals surface area contributed by atoms with E-state index in [-0.39, 0.29) is 17.3 Å². The Morgan fingerprint density at radius 3 is 2.57 bits per heavy atom. The molecule has 0 bridgehead atoms. The standard InChI is InChI=1S/C9H13NO3S/c1-7-2-3-8(6-9(7)10)14(12,13)5-4-11/h2-3,6,11H,4-5,10H2,1H3. The molecule has 0 saturated carbocycles. The van der Waals surface area contributed by atoms with Gasteiger partial charge in [-0.05, 0) is 24.6 Å². The van der Waals surface area contributed by atoms with Crippen molar-refractivity contribution in [3.05, 3.63) is 23.8 Å². The van der Waals surface area contributed by atoms with Gasteiger partial charge in [-0.1, -0.05) is 6.07 Å². The van der Waals surface area contributed by atoms with Gasteiger partial charge in [-0.25, -0.2) is 8.42 Å². The van der Waals surface area contributed by atoms with Crippen LogP contribution in [0.1, 0.15) is 5.56 Å². The van der Waals surface area contributed by atoms with Crippen molar-refractivity contribution < 1.29 is 13.5 Å². The Morgan fingerprint density at radius 1 is 1.43 bits per heavy atom. The maximum Gasteiger partial charge on any atom is 0.180 e. The van der Waals surface area contributed by atoms with Crippen molar-refractivity contribution in [2.75, 3.05) is 18.1 Å². The quantitative estimate of drug-likeness (QED) is 0.713. The molecule has 0 heterocycles. The highest BCUT2D eigenvalue weighted by Gasteiger charge is 2.13. The Bertz CT molecular complexity index is 426. The van der Waals surface area contributed by atoms with Crippen molar-refractivity contribution in [3.63, 3.8) is 0 Å². The summed E-state index contributed by atoms with van der Waals surface area (Å²) in [6, 6.07) is 4.57. The number of anilines is 1. The zero-order valence-electron chi connectivity index (χ0n) is 7.90. The van der Waals surface area contributed by atoms with Crippen LogP contribution in [0.5, 0.6) is 0 Å². The van der Waals surface area contributed by atoms with Gasteiger partial charge in [0.2, 0.25) is 0 Å². The minimum atomic E-state index is -3.38. The maximum atomic E-state index is 11.5.